The largest absolute Gasteiger partial charge is 0.478 e. The summed E-state index contributed by atoms with van der Waals surface area (Å²) in [4.78, 5) is 22.7. The molecular weight excluding hydrogens is 268 g/mol. The summed E-state index contributed by atoms with van der Waals surface area (Å²) in [5, 5.41) is 12.2. The Bertz CT molecular complexity index is 753. The van der Waals surface area contributed by atoms with Crippen molar-refractivity contribution in [2.24, 2.45) is 5.73 Å². The summed E-state index contributed by atoms with van der Waals surface area (Å²) in [7, 11) is 0. The first-order chi connectivity index (χ1) is 10.1. The third-order valence-corrected chi connectivity index (χ3v) is 3.62. The van der Waals surface area contributed by atoms with E-state index in [1.54, 1.807) is 18.2 Å². The third-order valence-electron chi connectivity index (χ3n) is 3.62. The molecule has 2 aromatic rings. The topological polar surface area (TPSA) is 92.4 Å². The number of carboxylic acid groups (broad SMARTS) is 1. The van der Waals surface area contributed by atoms with Gasteiger partial charge >= 0.3 is 5.97 Å². The molecule has 1 aliphatic rings. The third kappa shape index (κ3) is 2.33. The predicted molar refractivity (Wildman–Crippen MR) is 79.5 cm³/mol. The number of fused-ring (bicyclic) bond motifs is 1. The van der Waals surface area contributed by atoms with E-state index in [-0.39, 0.29) is 5.56 Å². The van der Waals surface area contributed by atoms with Crippen LogP contribution in [0.1, 0.15) is 26.3 Å². The molecule has 0 atom stereocenters. The van der Waals surface area contributed by atoms with Crippen LogP contribution in [0.15, 0.2) is 36.4 Å². The molecule has 4 N–H and O–H groups in total. The number of benzene rings is 2. The molecule has 5 nitrogen and oxygen atoms in total. The van der Waals surface area contributed by atoms with Gasteiger partial charge in [-0.25, -0.2) is 4.79 Å². The Hall–Kier alpha value is -2.82. The Morgan fingerprint density at radius 1 is 1.14 bits per heavy atom. The summed E-state index contributed by atoms with van der Waals surface area (Å²) < 4.78 is 0. The van der Waals surface area contributed by atoms with Gasteiger partial charge in [0.05, 0.1) is 16.8 Å². The average Bonchev–Trinajstić information content (AvgIpc) is 2.94. The van der Waals surface area contributed by atoms with Crippen molar-refractivity contribution in [1.82, 2.24) is 0 Å². The smallest absolute Gasteiger partial charge is 0.335 e. The summed E-state index contributed by atoms with van der Waals surface area (Å²) in [5.41, 5.74) is 9.48. The van der Waals surface area contributed by atoms with Crippen LogP contribution in [0, 0.1) is 0 Å². The van der Waals surface area contributed by atoms with Crippen molar-refractivity contribution in [3.05, 3.63) is 53.1 Å². The van der Waals surface area contributed by atoms with Crippen LogP contribution in [0.25, 0.3) is 11.1 Å². The second-order valence-corrected chi connectivity index (χ2v) is 4.98. The van der Waals surface area contributed by atoms with E-state index in [9.17, 15) is 9.59 Å². The Morgan fingerprint density at radius 3 is 2.67 bits per heavy atom. The van der Waals surface area contributed by atoms with Crippen molar-refractivity contribution in [2.45, 2.75) is 6.42 Å². The lowest BCUT2D eigenvalue weighted by molar-refractivity contribution is 0.0696. The molecule has 1 heterocycles. The molecule has 3 rings (SSSR count). The maximum atomic E-state index is 11.6. The van der Waals surface area contributed by atoms with Gasteiger partial charge in [-0.15, -0.1) is 0 Å². The number of hydrogen-bond donors (Lipinski definition) is 3. The van der Waals surface area contributed by atoms with Gasteiger partial charge in [-0.1, -0.05) is 12.1 Å². The molecule has 0 fully saturated rings. The van der Waals surface area contributed by atoms with Gasteiger partial charge in [0.15, 0.2) is 0 Å². The molecule has 1 amide bonds. The molecular formula is C16H14N2O3. The van der Waals surface area contributed by atoms with Crippen molar-refractivity contribution >= 4 is 17.6 Å². The molecule has 2 aromatic carbocycles. The van der Waals surface area contributed by atoms with Crippen LogP contribution in [0.4, 0.5) is 5.69 Å². The lowest BCUT2D eigenvalue weighted by atomic mass is 9.96. The fraction of sp³-hybridized carbons (Fsp3) is 0.125. The lowest BCUT2D eigenvalue weighted by Crippen LogP contribution is -2.13. The number of aromatic carboxylic acids is 1. The standard InChI is InChI=1S/C16H14N2O3/c17-15(19)13-8-12(7-10-4-5-18-14(10)13)9-2-1-3-11(6-9)16(20)21/h1-3,6-8,18H,4-5H2,(H2,17,19)(H,20,21). The van der Waals surface area contributed by atoms with Crippen LogP contribution in [0.5, 0.6) is 0 Å². The van der Waals surface area contributed by atoms with Crippen LogP contribution in [-0.4, -0.2) is 23.5 Å². The van der Waals surface area contributed by atoms with Crippen LogP contribution >= 0.6 is 0 Å². The van der Waals surface area contributed by atoms with Gasteiger partial charge in [-0.2, -0.15) is 0 Å². The first-order valence-corrected chi connectivity index (χ1v) is 6.60. The van der Waals surface area contributed by atoms with E-state index in [1.165, 1.54) is 6.07 Å². The number of carbonyl (C=O) groups is 2. The minimum atomic E-state index is -0.977. The van der Waals surface area contributed by atoms with Gasteiger partial charge in [0.1, 0.15) is 0 Å². The van der Waals surface area contributed by atoms with Gasteiger partial charge in [-0.3, -0.25) is 4.79 Å². The summed E-state index contributed by atoms with van der Waals surface area (Å²) in [6.07, 6.45) is 0.822. The number of anilines is 1. The minimum absolute atomic E-state index is 0.215. The van der Waals surface area contributed by atoms with Crippen LogP contribution in [0.2, 0.25) is 0 Å². The van der Waals surface area contributed by atoms with Crippen molar-refractivity contribution in [3.63, 3.8) is 0 Å². The molecule has 106 valence electrons. The normalized spacial score (nSPS) is 12.6. The zero-order valence-corrected chi connectivity index (χ0v) is 11.2. The quantitative estimate of drug-likeness (QED) is 0.804. The number of primary amides is 1. The first kappa shape index (κ1) is 13.2. The molecule has 0 saturated carbocycles. The fourth-order valence-electron chi connectivity index (χ4n) is 2.62. The molecule has 5 heteroatoms. The molecule has 0 aromatic heterocycles. The maximum absolute atomic E-state index is 11.6. The Labute approximate surface area is 121 Å². The maximum Gasteiger partial charge on any atom is 0.335 e. The molecule has 0 saturated heterocycles. The van der Waals surface area contributed by atoms with E-state index >= 15 is 0 Å². The SMILES string of the molecule is NC(=O)c1cc(-c2cccc(C(=O)O)c2)cc2c1NCC2. The molecule has 1 aliphatic heterocycles. The number of hydrogen-bond acceptors (Lipinski definition) is 3. The number of rotatable bonds is 3. The van der Waals surface area contributed by atoms with E-state index in [2.05, 4.69) is 5.32 Å². The number of nitrogens with one attached hydrogen (secondary N) is 1. The number of carbonyl (C=O) groups excluding carboxylic acids is 1. The van der Waals surface area contributed by atoms with Crippen molar-refractivity contribution in [2.75, 3.05) is 11.9 Å². The van der Waals surface area contributed by atoms with Crippen LogP contribution < -0.4 is 11.1 Å². The van der Waals surface area contributed by atoms with E-state index in [1.807, 2.05) is 12.1 Å². The molecule has 0 aliphatic carbocycles. The van der Waals surface area contributed by atoms with Gasteiger partial charge in [-0.05, 0) is 47.4 Å². The van der Waals surface area contributed by atoms with Gasteiger partial charge < -0.3 is 16.2 Å². The zero-order valence-electron chi connectivity index (χ0n) is 11.2. The van der Waals surface area contributed by atoms with Crippen molar-refractivity contribution in [3.8, 4) is 11.1 Å². The number of nitrogens with two attached hydrogens (primary N) is 1. The Kier molecular flexibility index (Phi) is 3.10. The molecule has 21 heavy (non-hydrogen) atoms. The average molecular weight is 282 g/mol. The Balaban J connectivity index is 2.15. The molecule has 0 bridgehead atoms. The van der Waals surface area contributed by atoms with Crippen molar-refractivity contribution < 1.29 is 14.7 Å². The molecule has 0 unspecified atom stereocenters. The lowest BCUT2D eigenvalue weighted by Gasteiger charge is -2.10. The number of carboxylic acids is 1. The van der Waals surface area contributed by atoms with Gasteiger partial charge in [0.25, 0.3) is 5.91 Å². The summed E-state index contributed by atoms with van der Waals surface area (Å²) in [6.45, 7) is 0.772. The summed E-state index contributed by atoms with van der Waals surface area (Å²) in [5.74, 6) is -1.47. The highest BCUT2D eigenvalue weighted by Crippen LogP contribution is 2.32. The highest BCUT2D eigenvalue weighted by Gasteiger charge is 2.19. The summed E-state index contributed by atoms with van der Waals surface area (Å²) >= 11 is 0. The van der Waals surface area contributed by atoms with Gasteiger partial charge in [0, 0.05) is 6.54 Å². The first-order valence-electron chi connectivity index (χ1n) is 6.60. The van der Waals surface area contributed by atoms with Crippen molar-refractivity contribution in [1.29, 1.82) is 0 Å². The predicted octanol–water partition coefficient (Wildman–Crippen LogP) is 2.12. The second kappa shape index (κ2) is 4.94. The van der Waals surface area contributed by atoms with Crippen LogP contribution in [-0.2, 0) is 6.42 Å². The second-order valence-electron chi connectivity index (χ2n) is 4.98. The monoisotopic (exact) mass is 282 g/mol. The summed E-state index contributed by atoms with van der Waals surface area (Å²) in [6, 6.07) is 10.3. The number of amides is 1. The van der Waals surface area contributed by atoms with E-state index in [4.69, 9.17) is 10.8 Å². The highest BCUT2D eigenvalue weighted by molar-refractivity contribution is 6.01. The highest BCUT2D eigenvalue weighted by atomic mass is 16.4. The molecule has 0 spiro atoms. The van der Waals surface area contributed by atoms with E-state index in [0.717, 1.165) is 35.3 Å². The van der Waals surface area contributed by atoms with Crippen LogP contribution in [0.3, 0.4) is 0 Å². The fourth-order valence-corrected chi connectivity index (χ4v) is 2.62. The van der Waals surface area contributed by atoms with E-state index in [0.29, 0.717) is 5.56 Å². The van der Waals surface area contributed by atoms with Gasteiger partial charge in [0.2, 0.25) is 0 Å². The minimum Gasteiger partial charge on any atom is -0.478 e. The Morgan fingerprint density at radius 2 is 1.95 bits per heavy atom. The zero-order chi connectivity index (χ0) is 15.0. The van der Waals surface area contributed by atoms with E-state index < -0.39 is 11.9 Å². The molecule has 0 radical (unpaired) electrons.